The van der Waals surface area contributed by atoms with Crippen LogP contribution in [0.2, 0.25) is 0 Å². The number of fused-ring (bicyclic) bond motifs is 1. The number of aryl methyl sites for hydroxylation is 1. The van der Waals surface area contributed by atoms with Gasteiger partial charge in [-0.1, -0.05) is 0 Å². The molecule has 1 atom stereocenters. The molecule has 0 aromatic carbocycles. The first-order chi connectivity index (χ1) is 9.72. The molecule has 7 nitrogen and oxygen atoms in total. The van der Waals surface area contributed by atoms with E-state index in [2.05, 4.69) is 15.2 Å². The van der Waals surface area contributed by atoms with Gasteiger partial charge in [0.2, 0.25) is 5.65 Å². The highest BCUT2D eigenvalue weighted by Gasteiger charge is 2.32. The van der Waals surface area contributed by atoms with E-state index in [4.69, 9.17) is 4.74 Å². The van der Waals surface area contributed by atoms with Crippen molar-refractivity contribution in [1.29, 1.82) is 0 Å². The molecule has 0 amide bonds. The van der Waals surface area contributed by atoms with Crippen molar-refractivity contribution in [1.82, 2.24) is 19.6 Å². The van der Waals surface area contributed by atoms with Crippen molar-refractivity contribution in [3.05, 3.63) is 18.2 Å². The van der Waals surface area contributed by atoms with Crippen LogP contribution in [0.4, 0.5) is 5.82 Å². The fourth-order valence-corrected chi connectivity index (χ4v) is 2.70. The van der Waals surface area contributed by atoms with E-state index < -0.39 is 0 Å². The van der Waals surface area contributed by atoms with Crippen LogP contribution in [-0.2, 0) is 9.53 Å². The van der Waals surface area contributed by atoms with Crippen LogP contribution < -0.4 is 4.90 Å². The number of carbonyl (C=O) groups excluding carboxylic acids is 1. The molecule has 1 unspecified atom stereocenters. The van der Waals surface area contributed by atoms with Crippen molar-refractivity contribution in [2.75, 3.05) is 18.6 Å². The van der Waals surface area contributed by atoms with E-state index in [1.807, 2.05) is 22.4 Å². The van der Waals surface area contributed by atoms with E-state index in [-0.39, 0.29) is 12.0 Å². The monoisotopic (exact) mass is 275 g/mol. The minimum Gasteiger partial charge on any atom is -0.467 e. The van der Waals surface area contributed by atoms with Crippen LogP contribution in [0.15, 0.2) is 12.4 Å². The number of hydrogen-bond donors (Lipinski definition) is 0. The fourth-order valence-electron chi connectivity index (χ4n) is 2.70. The molecule has 20 heavy (non-hydrogen) atoms. The van der Waals surface area contributed by atoms with Crippen molar-refractivity contribution in [3.63, 3.8) is 0 Å². The standard InChI is InChI=1S/C13H17N5O2/c1-9-15-16-12-11(14-6-8-17(9)12)18-7-4-3-5-10(18)13(19)20-2/h6,8,10H,3-5,7H2,1-2H3. The van der Waals surface area contributed by atoms with Crippen LogP contribution in [0.5, 0.6) is 0 Å². The predicted molar refractivity (Wildman–Crippen MR) is 72.5 cm³/mol. The van der Waals surface area contributed by atoms with E-state index in [0.717, 1.165) is 31.6 Å². The van der Waals surface area contributed by atoms with Gasteiger partial charge in [0.25, 0.3) is 0 Å². The van der Waals surface area contributed by atoms with Crippen LogP contribution in [0.1, 0.15) is 25.1 Å². The summed E-state index contributed by atoms with van der Waals surface area (Å²) in [5.41, 5.74) is 0.681. The van der Waals surface area contributed by atoms with Gasteiger partial charge in [-0.3, -0.25) is 4.40 Å². The second-order valence-electron chi connectivity index (χ2n) is 4.92. The van der Waals surface area contributed by atoms with Gasteiger partial charge in [0.15, 0.2) is 5.82 Å². The highest BCUT2D eigenvalue weighted by atomic mass is 16.5. The van der Waals surface area contributed by atoms with Crippen molar-refractivity contribution in [3.8, 4) is 0 Å². The first-order valence-corrected chi connectivity index (χ1v) is 6.73. The Balaban J connectivity index is 2.05. The lowest BCUT2D eigenvalue weighted by Gasteiger charge is -2.34. The Bertz CT molecular complexity index is 639. The highest BCUT2D eigenvalue weighted by Crippen LogP contribution is 2.26. The quantitative estimate of drug-likeness (QED) is 0.760. The molecule has 0 saturated carbocycles. The van der Waals surface area contributed by atoms with Crippen LogP contribution >= 0.6 is 0 Å². The van der Waals surface area contributed by atoms with E-state index in [9.17, 15) is 4.79 Å². The molecule has 2 aromatic heterocycles. The van der Waals surface area contributed by atoms with Crippen LogP contribution in [0.3, 0.4) is 0 Å². The Kier molecular flexibility index (Phi) is 3.25. The summed E-state index contributed by atoms with van der Waals surface area (Å²) in [6.45, 7) is 2.66. The lowest BCUT2D eigenvalue weighted by molar-refractivity contribution is -0.142. The van der Waals surface area contributed by atoms with E-state index >= 15 is 0 Å². The first-order valence-electron chi connectivity index (χ1n) is 6.73. The smallest absolute Gasteiger partial charge is 0.328 e. The third kappa shape index (κ3) is 1.99. The summed E-state index contributed by atoms with van der Waals surface area (Å²) >= 11 is 0. The molecule has 0 bridgehead atoms. The maximum atomic E-state index is 12.0. The number of esters is 1. The number of hydrogen-bond acceptors (Lipinski definition) is 6. The molecule has 2 aromatic rings. The van der Waals surface area contributed by atoms with Gasteiger partial charge in [-0.25, -0.2) is 9.78 Å². The summed E-state index contributed by atoms with van der Waals surface area (Å²) in [5.74, 6) is 1.28. The zero-order chi connectivity index (χ0) is 14.1. The molecule has 0 aliphatic carbocycles. The maximum Gasteiger partial charge on any atom is 0.328 e. The minimum atomic E-state index is -0.288. The molecular weight excluding hydrogens is 258 g/mol. The fraction of sp³-hybridized carbons (Fsp3) is 0.538. The van der Waals surface area contributed by atoms with Crippen molar-refractivity contribution >= 4 is 17.4 Å². The molecular formula is C13H17N5O2. The summed E-state index contributed by atoms with van der Waals surface area (Å²) in [6, 6.07) is -0.288. The van der Waals surface area contributed by atoms with E-state index in [1.54, 1.807) is 6.20 Å². The van der Waals surface area contributed by atoms with Crippen LogP contribution in [0, 0.1) is 6.92 Å². The molecule has 3 heterocycles. The van der Waals surface area contributed by atoms with Gasteiger partial charge < -0.3 is 9.64 Å². The van der Waals surface area contributed by atoms with Gasteiger partial charge in [-0.2, -0.15) is 0 Å². The number of anilines is 1. The van der Waals surface area contributed by atoms with Crippen molar-refractivity contribution < 1.29 is 9.53 Å². The predicted octanol–water partition coefficient (Wildman–Crippen LogP) is 0.965. The molecule has 1 saturated heterocycles. The molecule has 0 spiro atoms. The molecule has 0 radical (unpaired) electrons. The average Bonchev–Trinajstić information content (AvgIpc) is 2.88. The van der Waals surface area contributed by atoms with Gasteiger partial charge in [0, 0.05) is 18.9 Å². The number of aromatic nitrogens is 4. The number of piperidine rings is 1. The zero-order valence-electron chi connectivity index (χ0n) is 11.6. The molecule has 7 heteroatoms. The number of rotatable bonds is 2. The zero-order valence-corrected chi connectivity index (χ0v) is 11.6. The summed E-state index contributed by atoms with van der Waals surface area (Å²) in [5, 5.41) is 8.24. The summed E-state index contributed by atoms with van der Waals surface area (Å²) in [7, 11) is 1.42. The second-order valence-corrected chi connectivity index (χ2v) is 4.92. The van der Waals surface area contributed by atoms with Crippen molar-refractivity contribution in [2.24, 2.45) is 0 Å². The van der Waals surface area contributed by atoms with Gasteiger partial charge in [0.05, 0.1) is 7.11 Å². The van der Waals surface area contributed by atoms with Crippen LogP contribution in [-0.4, -0.2) is 45.2 Å². The molecule has 1 aliphatic rings. The topological polar surface area (TPSA) is 72.6 Å². The van der Waals surface area contributed by atoms with Gasteiger partial charge in [-0.05, 0) is 26.2 Å². The molecule has 1 fully saturated rings. The number of ether oxygens (including phenoxy) is 1. The molecule has 106 valence electrons. The van der Waals surface area contributed by atoms with E-state index in [0.29, 0.717) is 11.5 Å². The average molecular weight is 275 g/mol. The number of methoxy groups -OCH3 is 1. The number of nitrogens with zero attached hydrogens (tertiary/aromatic N) is 5. The minimum absolute atomic E-state index is 0.218. The third-order valence-electron chi connectivity index (χ3n) is 3.73. The Labute approximate surface area is 116 Å². The lowest BCUT2D eigenvalue weighted by Crippen LogP contribution is -2.46. The normalized spacial score (nSPS) is 19.3. The summed E-state index contributed by atoms with van der Waals surface area (Å²) in [4.78, 5) is 18.3. The van der Waals surface area contributed by atoms with E-state index in [1.165, 1.54) is 7.11 Å². The molecule has 1 aliphatic heterocycles. The largest absolute Gasteiger partial charge is 0.467 e. The third-order valence-corrected chi connectivity index (χ3v) is 3.73. The van der Waals surface area contributed by atoms with Gasteiger partial charge >= 0.3 is 5.97 Å². The Morgan fingerprint density at radius 2 is 2.25 bits per heavy atom. The Morgan fingerprint density at radius 3 is 3.05 bits per heavy atom. The SMILES string of the molecule is COC(=O)C1CCCCN1c1nccn2c(C)nnc12. The van der Waals surface area contributed by atoms with Gasteiger partial charge in [-0.15, -0.1) is 10.2 Å². The number of carbonyl (C=O) groups is 1. The maximum absolute atomic E-state index is 12.0. The second kappa shape index (κ2) is 5.07. The highest BCUT2D eigenvalue weighted by molar-refractivity contribution is 5.81. The summed E-state index contributed by atoms with van der Waals surface area (Å²) in [6.07, 6.45) is 6.36. The van der Waals surface area contributed by atoms with Gasteiger partial charge in [0.1, 0.15) is 11.9 Å². The first kappa shape index (κ1) is 12.8. The molecule has 3 rings (SSSR count). The Morgan fingerprint density at radius 1 is 1.40 bits per heavy atom. The van der Waals surface area contributed by atoms with Crippen LogP contribution in [0.25, 0.3) is 5.65 Å². The Hall–Kier alpha value is -2.18. The van der Waals surface area contributed by atoms with Crippen molar-refractivity contribution in [2.45, 2.75) is 32.2 Å². The summed E-state index contributed by atoms with van der Waals surface area (Å²) < 4.78 is 6.79. The molecule has 0 N–H and O–H groups in total. The lowest BCUT2D eigenvalue weighted by atomic mass is 10.0.